The summed E-state index contributed by atoms with van der Waals surface area (Å²) in [6.45, 7) is 3.21. The highest BCUT2D eigenvalue weighted by Gasteiger charge is 2.06. The molecule has 0 fully saturated rings. The van der Waals surface area contributed by atoms with E-state index >= 15 is 0 Å². The zero-order valence-electron chi connectivity index (χ0n) is 11.9. The van der Waals surface area contributed by atoms with Gasteiger partial charge in [0.15, 0.2) is 11.6 Å². The number of halogens is 1. The van der Waals surface area contributed by atoms with E-state index in [-0.39, 0.29) is 17.3 Å². The highest BCUT2D eigenvalue weighted by atomic mass is 19.1. The molecule has 0 heterocycles. The van der Waals surface area contributed by atoms with E-state index in [1.807, 2.05) is 13.1 Å². The maximum Gasteiger partial charge on any atom is 0.165 e. The van der Waals surface area contributed by atoms with Gasteiger partial charge in [0.25, 0.3) is 0 Å². The second-order valence-corrected chi connectivity index (χ2v) is 4.87. The summed E-state index contributed by atoms with van der Waals surface area (Å²) in [5, 5.41) is 0. The molecule has 106 valence electrons. The Morgan fingerprint density at radius 3 is 2.68 bits per heavy atom. The van der Waals surface area contributed by atoms with Gasteiger partial charge in [-0.15, -0.1) is 0 Å². The average molecular weight is 267 g/mol. The van der Waals surface area contributed by atoms with Crippen LogP contribution in [0.3, 0.4) is 0 Å². The summed E-state index contributed by atoms with van der Waals surface area (Å²) >= 11 is 0. The van der Waals surface area contributed by atoms with Crippen LogP contribution >= 0.6 is 0 Å². The fourth-order valence-corrected chi connectivity index (χ4v) is 1.95. The lowest BCUT2D eigenvalue weighted by atomic mass is 10.1. The largest absolute Gasteiger partial charge is 0.494 e. The van der Waals surface area contributed by atoms with Crippen molar-refractivity contribution < 1.29 is 13.9 Å². The number of ketones is 1. The highest BCUT2D eigenvalue weighted by Crippen LogP contribution is 2.18. The van der Waals surface area contributed by atoms with Crippen molar-refractivity contribution in [1.82, 2.24) is 4.90 Å². The normalized spacial score (nSPS) is 10.8. The molecular weight excluding hydrogens is 245 g/mol. The van der Waals surface area contributed by atoms with Crippen molar-refractivity contribution >= 4 is 5.78 Å². The lowest BCUT2D eigenvalue weighted by Crippen LogP contribution is -2.19. The maximum absolute atomic E-state index is 13.5. The molecule has 0 N–H and O–H groups in total. The van der Waals surface area contributed by atoms with E-state index in [1.165, 1.54) is 13.2 Å². The topological polar surface area (TPSA) is 29.5 Å². The number of Topliss-reactive ketones (excluding diaryl/α,β-unsaturated/α-hetero) is 1. The minimum absolute atomic E-state index is 0.236. The molecule has 19 heavy (non-hydrogen) atoms. The van der Waals surface area contributed by atoms with Gasteiger partial charge in [0.1, 0.15) is 5.78 Å². The van der Waals surface area contributed by atoms with E-state index in [2.05, 4.69) is 4.90 Å². The first-order valence-electron chi connectivity index (χ1n) is 6.53. The molecule has 0 amide bonds. The zero-order chi connectivity index (χ0) is 14.3. The Bertz CT molecular complexity index is 421. The van der Waals surface area contributed by atoms with Crippen LogP contribution in [0.5, 0.6) is 5.75 Å². The van der Waals surface area contributed by atoms with E-state index in [4.69, 9.17) is 4.74 Å². The van der Waals surface area contributed by atoms with Crippen molar-refractivity contribution in [2.45, 2.75) is 32.7 Å². The molecule has 1 aromatic carbocycles. The number of benzene rings is 1. The molecule has 0 bridgehead atoms. The fraction of sp³-hybridized carbons (Fsp3) is 0.533. The molecule has 0 aromatic heterocycles. The van der Waals surface area contributed by atoms with Gasteiger partial charge in [0.2, 0.25) is 0 Å². The highest BCUT2D eigenvalue weighted by molar-refractivity contribution is 5.75. The molecule has 0 unspecified atom stereocenters. The minimum atomic E-state index is -0.329. The molecule has 0 aliphatic rings. The van der Waals surface area contributed by atoms with E-state index in [0.717, 1.165) is 24.9 Å². The van der Waals surface area contributed by atoms with Gasteiger partial charge in [0, 0.05) is 13.0 Å². The van der Waals surface area contributed by atoms with Crippen LogP contribution in [0.25, 0.3) is 0 Å². The van der Waals surface area contributed by atoms with Crippen LogP contribution in [-0.2, 0) is 11.3 Å². The third-order valence-corrected chi connectivity index (χ3v) is 2.99. The number of hydrogen-bond donors (Lipinski definition) is 0. The number of nitrogens with zero attached hydrogens (tertiary/aromatic N) is 1. The third kappa shape index (κ3) is 5.83. The molecule has 3 nitrogen and oxygen atoms in total. The maximum atomic E-state index is 13.5. The number of carbonyl (C=O) groups is 1. The molecule has 0 saturated heterocycles. The molecular formula is C15H22FNO2. The van der Waals surface area contributed by atoms with Crippen molar-refractivity contribution in [3.63, 3.8) is 0 Å². The Morgan fingerprint density at radius 1 is 1.37 bits per heavy atom. The molecule has 0 aliphatic heterocycles. The summed E-state index contributed by atoms with van der Waals surface area (Å²) in [6, 6.07) is 5.02. The SMILES string of the molecule is COc1ccc(CN(C)CCCCC(C)=O)cc1F. The quantitative estimate of drug-likeness (QED) is 0.678. The number of methoxy groups -OCH3 is 1. The number of rotatable bonds is 8. The number of carbonyl (C=O) groups excluding carboxylic acids is 1. The summed E-state index contributed by atoms with van der Waals surface area (Å²) in [6.07, 6.45) is 2.54. The number of ether oxygens (including phenoxy) is 1. The summed E-state index contributed by atoms with van der Waals surface area (Å²) in [7, 11) is 3.45. The van der Waals surface area contributed by atoms with Crippen LogP contribution in [0.4, 0.5) is 4.39 Å². The van der Waals surface area contributed by atoms with E-state index in [9.17, 15) is 9.18 Å². The smallest absolute Gasteiger partial charge is 0.165 e. The molecule has 1 aromatic rings. The van der Waals surface area contributed by atoms with E-state index < -0.39 is 0 Å². The summed E-state index contributed by atoms with van der Waals surface area (Å²) in [5.41, 5.74) is 0.923. The summed E-state index contributed by atoms with van der Waals surface area (Å²) < 4.78 is 18.4. The fourth-order valence-electron chi connectivity index (χ4n) is 1.95. The van der Waals surface area contributed by atoms with Gasteiger partial charge in [-0.05, 0) is 51.1 Å². The molecule has 0 atom stereocenters. The van der Waals surface area contributed by atoms with Crippen molar-refractivity contribution in [3.05, 3.63) is 29.6 Å². The van der Waals surface area contributed by atoms with E-state index in [1.54, 1.807) is 13.0 Å². The Labute approximate surface area is 114 Å². The van der Waals surface area contributed by atoms with Crippen molar-refractivity contribution in [2.75, 3.05) is 20.7 Å². The monoisotopic (exact) mass is 267 g/mol. The van der Waals surface area contributed by atoms with Gasteiger partial charge in [0.05, 0.1) is 7.11 Å². The molecule has 4 heteroatoms. The molecule has 0 saturated carbocycles. The van der Waals surface area contributed by atoms with Crippen LogP contribution in [0.1, 0.15) is 31.7 Å². The van der Waals surface area contributed by atoms with Crippen molar-refractivity contribution in [1.29, 1.82) is 0 Å². The minimum Gasteiger partial charge on any atom is -0.494 e. The predicted molar refractivity (Wildman–Crippen MR) is 73.8 cm³/mol. The number of unbranched alkanes of at least 4 members (excludes halogenated alkanes) is 1. The third-order valence-electron chi connectivity index (χ3n) is 2.99. The average Bonchev–Trinajstić information content (AvgIpc) is 2.35. The predicted octanol–water partition coefficient (Wildman–Crippen LogP) is 3.03. The first-order valence-corrected chi connectivity index (χ1v) is 6.53. The summed E-state index contributed by atoms with van der Waals surface area (Å²) in [4.78, 5) is 12.9. The van der Waals surface area contributed by atoms with Gasteiger partial charge in [-0.2, -0.15) is 0 Å². The lowest BCUT2D eigenvalue weighted by Gasteiger charge is -2.16. The number of hydrogen-bond acceptors (Lipinski definition) is 3. The Hall–Kier alpha value is -1.42. The van der Waals surface area contributed by atoms with Gasteiger partial charge in [-0.1, -0.05) is 6.07 Å². The lowest BCUT2D eigenvalue weighted by molar-refractivity contribution is -0.117. The van der Waals surface area contributed by atoms with Gasteiger partial charge < -0.3 is 14.4 Å². The van der Waals surface area contributed by atoms with Gasteiger partial charge in [-0.25, -0.2) is 4.39 Å². The van der Waals surface area contributed by atoms with Gasteiger partial charge in [-0.3, -0.25) is 0 Å². The van der Waals surface area contributed by atoms with Crippen LogP contribution in [0.2, 0.25) is 0 Å². The van der Waals surface area contributed by atoms with E-state index in [0.29, 0.717) is 13.0 Å². The first-order chi connectivity index (χ1) is 9.02. The Morgan fingerprint density at radius 2 is 2.11 bits per heavy atom. The zero-order valence-corrected chi connectivity index (χ0v) is 11.9. The van der Waals surface area contributed by atoms with Crippen LogP contribution < -0.4 is 4.74 Å². The second kappa shape index (κ2) is 7.89. The van der Waals surface area contributed by atoms with Crippen molar-refractivity contribution in [3.8, 4) is 5.75 Å². The van der Waals surface area contributed by atoms with Crippen LogP contribution in [0, 0.1) is 5.82 Å². The molecule has 0 aliphatic carbocycles. The molecule has 0 spiro atoms. The van der Waals surface area contributed by atoms with Crippen molar-refractivity contribution in [2.24, 2.45) is 0 Å². The molecule has 0 radical (unpaired) electrons. The van der Waals surface area contributed by atoms with Gasteiger partial charge >= 0.3 is 0 Å². The Balaban J connectivity index is 2.37. The second-order valence-electron chi connectivity index (χ2n) is 4.87. The van der Waals surface area contributed by atoms with Crippen LogP contribution in [0.15, 0.2) is 18.2 Å². The van der Waals surface area contributed by atoms with Crippen LogP contribution in [-0.4, -0.2) is 31.4 Å². The standard InChI is InChI=1S/C15H22FNO2/c1-12(18)6-4-5-9-17(2)11-13-7-8-15(19-3)14(16)10-13/h7-8,10H,4-6,9,11H2,1-3H3. The first kappa shape index (κ1) is 15.6. The molecule has 1 rings (SSSR count). The summed E-state index contributed by atoms with van der Waals surface area (Å²) in [5.74, 6) is 0.178. The Kier molecular flexibility index (Phi) is 6.50.